The zero-order valence-corrected chi connectivity index (χ0v) is 14.7. The second-order valence-electron chi connectivity index (χ2n) is 6.35. The molecule has 22 heavy (non-hydrogen) atoms. The van der Waals surface area contributed by atoms with Crippen LogP contribution < -0.4 is 5.73 Å². The summed E-state index contributed by atoms with van der Waals surface area (Å²) in [6.07, 6.45) is 19.2. The Morgan fingerprint density at radius 3 is 2.36 bits per heavy atom. The van der Waals surface area contributed by atoms with Crippen molar-refractivity contribution in [2.75, 3.05) is 26.2 Å². The molecular weight excluding hydrogens is 270 g/mol. The predicted octanol–water partition coefficient (Wildman–Crippen LogP) is 4.53. The van der Waals surface area contributed by atoms with E-state index in [1.54, 1.807) is 0 Å². The number of aliphatic imine (C=N–C) groups is 1. The Balaban J connectivity index is 1.88. The molecule has 0 amide bonds. The lowest BCUT2D eigenvalue weighted by Gasteiger charge is -2.19. The average molecular weight is 308 g/mol. The van der Waals surface area contributed by atoms with E-state index in [-0.39, 0.29) is 0 Å². The van der Waals surface area contributed by atoms with Gasteiger partial charge in [-0.25, -0.2) is 0 Å². The third kappa shape index (κ3) is 9.24. The van der Waals surface area contributed by atoms with Crippen LogP contribution in [0.2, 0.25) is 0 Å². The van der Waals surface area contributed by atoms with Gasteiger partial charge in [-0.05, 0) is 32.1 Å². The van der Waals surface area contributed by atoms with Gasteiger partial charge >= 0.3 is 0 Å². The van der Waals surface area contributed by atoms with Gasteiger partial charge in [0.25, 0.3) is 0 Å². The summed E-state index contributed by atoms with van der Waals surface area (Å²) in [6.45, 7) is 6.03. The standard InChI is InChI=1S/C19H37N3/c1-2-3-4-5-6-7-8-9-10-11-12-13-14-19-21-16-18-22(19)17-15-20/h7-8H,2-6,9-18,20H2,1H3/b8-7+. The topological polar surface area (TPSA) is 41.6 Å². The van der Waals surface area contributed by atoms with E-state index in [2.05, 4.69) is 29.0 Å². The van der Waals surface area contributed by atoms with Crippen LogP contribution in [0.15, 0.2) is 17.1 Å². The molecule has 0 aromatic rings. The first-order chi connectivity index (χ1) is 10.9. The summed E-state index contributed by atoms with van der Waals surface area (Å²) >= 11 is 0. The van der Waals surface area contributed by atoms with E-state index >= 15 is 0 Å². The highest BCUT2D eigenvalue weighted by Gasteiger charge is 2.14. The molecule has 0 aliphatic carbocycles. The lowest BCUT2D eigenvalue weighted by molar-refractivity contribution is 0.456. The molecule has 0 spiro atoms. The normalized spacial score (nSPS) is 15.0. The van der Waals surface area contributed by atoms with Gasteiger partial charge in [0.2, 0.25) is 0 Å². The Morgan fingerprint density at radius 2 is 1.68 bits per heavy atom. The fraction of sp³-hybridized carbons (Fsp3) is 0.842. The number of allylic oxidation sites excluding steroid dienone is 2. The van der Waals surface area contributed by atoms with E-state index in [1.165, 1.54) is 70.0 Å². The van der Waals surface area contributed by atoms with Crippen LogP contribution in [0.3, 0.4) is 0 Å². The first kappa shape index (κ1) is 19.2. The SMILES string of the molecule is CCCCCC/C=C/CCCCCCC1=NCCN1CCN. The van der Waals surface area contributed by atoms with E-state index in [4.69, 9.17) is 5.73 Å². The van der Waals surface area contributed by atoms with Gasteiger partial charge < -0.3 is 10.6 Å². The maximum atomic E-state index is 5.64. The molecule has 0 bridgehead atoms. The molecule has 0 radical (unpaired) electrons. The molecule has 0 atom stereocenters. The van der Waals surface area contributed by atoms with Gasteiger partial charge in [0.05, 0.1) is 12.4 Å². The molecule has 1 rings (SSSR count). The van der Waals surface area contributed by atoms with Crippen LogP contribution in [0.5, 0.6) is 0 Å². The number of hydrogen-bond donors (Lipinski definition) is 1. The second kappa shape index (κ2) is 13.8. The smallest absolute Gasteiger partial charge is 0.0990 e. The van der Waals surface area contributed by atoms with Gasteiger partial charge in [-0.2, -0.15) is 0 Å². The van der Waals surface area contributed by atoms with Crippen molar-refractivity contribution in [2.45, 2.75) is 77.6 Å². The molecule has 1 aliphatic rings. The van der Waals surface area contributed by atoms with E-state index in [1.807, 2.05) is 0 Å². The summed E-state index contributed by atoms with van der Waals surface area (Å²) in [4.78, 5) is 6.96. The Hall–Kier alpha value is -0.830. The summed E-state index contributed by atoms with van der Waals surface area (Å²) in [6, 6.07) is 0. The number of hydrogen-bond acceptors (Lipinski definition) is 3. The molecule has 0 fully saturated rings. The zero-order valence-electron chi connectivity index (χ0n) is 14.7. The summed E-state index contributed by atoms with van der Waals surface area (Å²) in [7, 11) is 0. The van der Waals surface area contributed by atoms with Crippen LogP contribution in [0, 0.1) is 0 Å². The summed E-state index contributed by atoms with van der Waals surface area (Å²) in [5, 5.41) is 0. The molecule has 3 heteroatoms. The summed E-state index contributed by atoms with van der Waals surface area (Å²) in [5.74, 6) is 1.30. The number of rotatable bonds is 14. The third-order valence-electron chi connectivity index (χ3n) is 4.34. The molecule has 1 heterocycles. The molecular formula is C19H37N3. The van der Waals surface area contributed by atoms with Crippen LogP contribution in [0.25, 0.3) is 0 Å². The fourth-order valence-electron chi connectivity index (χ4n) is 2.99. The van der Waals surface area contributed by atoms with Crippen LogP contribution in [0.4, 0.5) is 0 Å². The lowest BCUT2D eigenvalue weighted by Crippen LogP contribution is -2.32. The zero-order chi connectivity index (χ0) is 15.9. The van der Waals surface area contributed by atoms with Crippen molar-refractivity contribution in [1.82, 2.24) is 4.90 Å². The van der Waals surface area contributed by atoms with Crippen LogP contribution in [-0.2, 0) is 0 Å². The van der Waals surface area contributed by atoms with Crippen molar-refractivity contribution in [1.29, 1.82) is 0 Å². The van der Waals surface area contributed by atoms with Crippen molar-refractivity contribution in [2.24, 2.45) is 10.7 Å². The number of amidine groups is 1. The van der Waals surface area contributed by atoms with Crippen LogP contribution >= 0.6 is 0 Å². The Morgan fingerprint density at radius 1 is 1.00 bits per heavy atom. The van der Waals surface area contributed by atoms with Gasteiger partial charge in [0.15, 0.2) is 0 Å². The van der Waals surface area contributed by atoms with Crippen LogP contribution in [-0.4, -0.2) is 36.9 Å². The molecule has 3 nitrogen and oxygen atoms in total. The average Bonchev–Trinajstić information content (AvgIpc) is 2.96. The fourth-order valence-corrected chi connectivity index (χ4v) is 2.99. The van der Waals surface area contributed by atoms with E-state index in [0.717, 1.165) is 32.6 Å². The molecule has 0 unspecified atom stereocenters. The molecule has 0 aromatic heterocycles. The minimum Gasteiger partial charge on any atom is -0.357 e. The maximum absolute atomic E-state index is 5.64. The Bertz CT molecular complexity index is 310. The summed E-state index contributed by atoms with van der Waals surface area (Å²) < 4.78 is 0. The van der Waals surface area contributed by atoms with E-state index < -0.39 is 0 Å². The molecule has 2 N–H and O–H groups in total. The van der Waals surface area contributed by atoms with Crippen molar-refractivity contribution >= 4 is 5.84 Å². The molecule has 0 aromatic carbocycles. The quantitative estimate of drug-likeness (QED) is 0.378. The van der Waals surface area contributed by atoms with Gasteiger partial charge in [-0.3, -0.25) is 4.99 Å². The lowest BCUT2D eigenvalue weighted by atomic mass is 10.1. The number of nitrogens with zero attached hydrogens (tertiary/aromatic N) is 2. The molecule has 0 saturated heterocycles. The van der Waals surface area contributed by atoms with Gasteiger partial charge in [0.1, 0.15) is 0 Å². The van der Waals surface area contributed by atoms with E-state index in [9.17, 15) is 0 Å². The maximum Gasteiger partial charge on any atom is 0.0990 e. The van der Waals surface area contributed by atoms with Crippen molar-refractivity contribution in [3.8, 4) is 0 Å². The summed E-state index contributed by atoms with van der Waals surface area (Å²) in [5.41, 5.74) is 5.64. The minimum atomic E-state index is 0.740. The van der Waals surface area contributed by atoms with Crippen molar-refractivity contribution < 1.29 is 0 Å². The van der Waals surface area contributed by atoms with Crippen molar-refractivity contribution in [3.63, 3.8) is 0 Å². The molecule has 128 valence electrons. The van der Waals surface area contributed by atoms with Gasteiger partial charge in [0, 0.05) is 26.1 Å². The largest absolute Gasteiger partial charge is 0.357 e. The highest BCUT2D eigenvalue weighted by Crippen LogP contribution is 2.11. The highest BCUT2D eigenvalue weighted by atomic mass is 15.2. The molecule has 1 aliphatic heterocycles. The van der Waals surface area contributed by atoms with Gasteiger partial charge in [-0.15, -0.1) is 0 Å². The third-order valence-corrected chi connectivity index (χ3v) is 4.34. The van der Waals surface area contributed by atoms with Crippen LogP contribution in [0.1, 0.15) is 77.6 Å². The predicted molar refractivity (Wildman–Crippen MR) is 98.5 cm³/mol. The minimum absolute atomic E-state index is 0.740. The van der Waals surface area contributed by atoms with E-state index in [0.29, 0.717) is 0 Å². The first-order valence-electron chi connectivity index (χ1n) is 9.51. The number of unbranched alkanes of at least 4 members (excludes halogenated alkanes) is 8. The van der Waals surface area contributed by atoms with Crippen molar-refractivity contribution in [3.05, 3.63) is 12.2 Å². The first-order valence-corrected chi connectivity index (χ1v) is 9.51. The Kier molecular flexibility index (Phi) is 12.1. The highest BCUT2D eigenvalue weighted by molar-refractivity contribution is 5.83. The number of nitrogens with two attached hydrogens (primary N) is 1. The van der Waals surface area contributed by atoms with Gasteiger partial charge in [-0.1, -0.05) is 51.2 Å². The molecule has 0 saturated carbocycles. The monoisotopic (exact) mass is 307 g/mol. The second-order valence-corrected chi connectivity index (χ2v) is 6.35. The Labute approximate surface area is 138 Å².